The molecule has 0 unspecified atom stereocenters. The molecule has 3 aromatic carbocycles. The lowest BCUT2D eigenvalue weighted by molar-refractivity contribution is -0.120. The molecule has 0 aromatic heterocycles. The maximum atomic E-state index is 13.7. The van der Waals surface area contributed by atoms with Gasteiger partial charge in [-0.2, -0.15) is 0 Å². The molecular weight excluding hydrogens is 424 g/mol. The molecule has 1 heterocycles. The molecule has 0 spiro atoms. The van der Waals surface area contributed by atoms with Gasteiger partial charge in [0.2, 0.25) is 0 Å². The van der Waals surface area contributed by atoms with Gasteiger partial charge in [0.1, 0.15) is 11.4 Å². The van der Waals surface area contributed by atoms with E-state index in [1.54, 1.807) is 30.3 Å². The Labute approximate surface area is 192 Å². The van der Waals surface area contributed by atoms with Crippen LogP contribution in [-0.2, 0) is 9.59 Å². The molecule has 3 aromatic rings. The Bertz CT molecular complexity index is 1280. The van der Waals surface area contributed by atoms with Gasteiger partial charge in [-0.3, -0.25) is 9.59 Å². The Kier molecular flexibility index (Phi) is 5.76. The van der Waals surface area contributed by atoms with E-state index in [1.165, 1.54) is 12.0 Å². The third-order valence-electron chi connectivity index (χ3n) is 5.64. The standard InChI is InChI=1S/C26H23ClN2O3/c1-15-9-11-19(14-16(15)2)28-24-23(20-7-5-6-8-22(20)32-4)25(30)29(26(24)31)21-12-10-18(27)13-17(21)3/h5-14,28H,1-4H3. The van der Waals surface area contributed by atoms with Crippen molar-refractivity contribution in [3.8, 4) is 5.75 Å². The van der Waals surface area contributed by atoms with E-state index in [2.05, 4.69) is 5.32 Å². The first kappa shape index (κ1) is 21.7. The summed E-state index contributed by atoms with van der Waals surface area (Å²) in [6.45, 7) is 5.84. The molecule has 6 heteroatoms. The number of para-hydroxylation sites is 1. The van der Waals surface area contributed by atoms with Crippen LogP contribution in [0.5, 0.6) is 5.75 Å². The fraction of sp³-hybridized carbons (Fsp3) is 0.154. The van der Waals surface area contributed by atoms with E-state index >= 15 is 0 Å². The number of ether oxygens (including phenoxy) is 1. The summed E-state index contributed by atoms with van der Waals surface area (Å²) in [6.07, 6.45) is 0. The lowest BCUT2D eigenvalue weighted by Crippen LogP contribution is -2.33. The number of anilines is 2. The second-order valence-corrected chi connectivity index (χ2v) is 8.19. The van der Waals surface area contributed by atoms with Gasteiger partial charge >= 0.3 is 0 Å². The highest BCUT2D eigenvalue weighted by molar-refractivity contribution is 6.46. The summed E-state index contributed by atoms with van der Waals surface area (Å²) in [5, 5.41) is 3.74. The predicted octanol–water partition coefficient (Wildman–Crippen LogP) is 5.67. The van der Waals surface area contributed by atoms with Gasteiger partial charge in [-0.05, 0) is 73.9 Å². The molecular formula is C26H23ClN2O3. The SMILES string of the molecule is COc1ccccc1C1=C(Nc2ccc(C)c(C)c2)C(=O)N(c2ccc(Cl)cc2C)C1=O. The Morgan fingerprint density at radius 1 is 0.844 bits per heavy atom. The summed E-state index contributed by atoms with van der Waals surface area (Å²) >= 11 is 6.10. The maximum Gasteiger partial charge on any atom is 0.282 e. The van der Waals surface area contributed by atoms with Gasteiger partial charge in [-0.1, -0.05) is 35.9 Å². The summed E-state index contributed by atoms with van der Waals surface area (Å²) < 4.78 is 5.49. The fourth-order valence-corrected chi connectivity index (χ4v) is 4.03. The Morgan fingerprint density at radius 3 is 2.28 bits per heavy atom. The summed E-state index contributed by atoms with van der Waals surface area (Å²) in [5.74, 6) is -0.339. The van der Waals surface area contributed by atoms with Gasteiger partial charge in [0.05, 0.1) is 18.4 Å². The minimum absolute atomic E-state index is 0.206. The number of hydrogen-bond acceptors (Lipinski definition) is 4. The molecule has 1 aliphatic heterocycles. The minimum Gasteiger partial charge on any atom is -0.496 e. The van der Waals surface area contributed by atoms with E-state index < -0.39 is 11.8 Å². The molecule has 5 nitrogen and oxygen atoms in total. The molecule has 4 rings (SSSR count). The van der Waals surface area contributed by atoms with Gasteiger partial charge in [0.15, 0.2) is 0 Å². The number of imide groups is 1. The van der Waals surface area contributed by atoms with Crippen molar-refractivity contribution in [2.45, 2.75) is 20.8 Å². The maximum absolute atomic E-state index is 13.7. The van der Waals surface area contributed by atoms with Gasteiger partial charge < -0.3 is 10.1 Å². The van der Waals surface area contributed by atoms with E-state index in [-0.39, 0.29) is 11.3 Å². The van der Waals surface area contributed by atoms with Crippen molar-refractivity contribution in [3.05, 3.63) is 93.6 Å². The van der Waals surface area contributed by atoms with Crippen LogP contribution < -0.4 is 15.0 Å². The summed E-state index contributed by atoms with van der Waals surface area (Å²) in [6, 6.07) is 18.1. The average Bonchev–Trinajstić information content (AvgIpc) is 3.00. The van der Waals surface area contributed by atoms with Gasteiger partial charge in [0, 0.05) is 16.3 Å². The van der Waals surface area contributed by atoms with E-state index in [0.717, 1.165) is 22.4 Å². The topological polar surface area (TPSA) is 58.6 Å². The molecule has 32 heavy (non-hydrogen) atoms. The van der Waals surface area contributed by atoms with Crippen molar-refractivity contribution in [2.24, 2.45) is 0 Å². The second-order valence-electron chi connectivity index (χ2n) is 7.75. The zero-order valence-electron chi connectivity index (χ0n) is 18.3. The van der Waals surface area contributed by atoms with E-state index in [0.29, 0.717) is 22.0 Å². The highest BCUT2D eigenvalue weighted by Crippen LogP contribution is 2.38. The Morgan fingerprint density at radius 2 is 1.59 bits per heavy atom. The molecule has 0 saturated heterocycles. The molecule has 162 valence electrons. The number of aryl methyl sites for hydroxylation is 3. The zero-order chi connectivity index (χ0) is 23.0. The molecule has 0 radical (unpaired) electrons. The summed E-state index contributed by atoms with van der Waals surface area (Å²) in [4.78, 5) is 28.5. The minimum atomic E-state index is -0.431. The lowest BCUT2D eigenvalue weighted by atomic mass is 10.0. The molecule has 0 saturated carbocycles. The van der Waals surface area contributed by atoms with Crippen molar-refractivity contribution in [3.63, 3.8) is 0 Å². The smallest absolute Gasteiger partial charge is 0.282 e. The van der Waals surface area contributed by atoms with Gasteiger partial charge in [0.25, 0.3) is 11.8 Å². The normalized spacial score (nSPS) is 13.7. The second kappa shape index (κ2) is 8.52. The molecule has 2 amide bonds. The Hall–Kier alpha value is -3.57. The number of amides is 2. The Balaban J connectivity index is 1.88. The largest absolute Gasteiger partial charge is 0.496 e. The third kappa shape index (κ3) is 3.76. The first-order chi connectivity index (χ1) is 15.3. The quantitative estimate of drug-likeness (QED) is 0.513. The number of carbonyl (C=O) groups is 2. The van der Waals surface area contributed by atoms with E-state index in [9.17, 15) is 9.59 Å². The van der Waals surface area contributed by atoms with Crippen LogP contribution in [0.15, 0.2) is 66.4 Å². The van der Waals surface area contributed by atoms with Crippen molar-refractivity contribution in [1.82, 2.24) is 0 Å². The van der Waals surface area contributed by atoms with Crippen molar-refractivity contribution < 1.29 is 14.3 Å². The van der Waals surface area contributed by atoms with E-state index in [1.807, 2.05) is 51.1 Å². The first-order valence-corrected chi connectivity index (χ1v) is 10.6. The highest BCUT2D eigenvalue weighted by Gasteiger charge is 2.41. The lowest BCUT2D eigenvalue weighted by Gasteiger charge is -2.18. The van der Waals surface area contributed by atoms with Crippen LogP contribution in [0.25, 0.3) is 5.57 Å². The monoisotopic (exact) mass is 446 g/mol. The van der Waals surface area contributed by atoms with Crippen LogP contribution in [-0.4, -0.2) is 18.9 Å². The summed E-state index contributed by atoms with van der Waals surface area (Å²) in [5.41, 5.74) is 5.19. The van der Waals surface area contributed by atoms with Crippen molar-refractivity contribution in [1.29, 1.82) is 0 Å². The number of benzene rings is 3. The van der Waals surface area contributed by atoms with Crippen LogP contribution in [0.2, 0.25) is 5.02 Å². The number of nitrogens with zero attached hydrogens (tertiary/aromatic N) is 1. The zero-order valence-corrected chi connectivity index (χ0v) is 19.1. The van der Waals surface area contributed by atoms with Gasteiger partial charge in [-0.15, -0.1) is 0 Å². The predicted molar refractivity (Wildman–Crippen MR) is 128 cm³/mol. The third-order valence-corrected chi connectivity index (χ3v) is 5.87. The van der Waals surface area contributed by atoms with Gasteiger partial charge in [-0.25, -0.2) is 4.90 Å². The number of hydrogen-bond donors (Lipinski definition) is 1. The highest BCUT2D eigenvalue weighted by atomic mass is 35.5. The van der Waals surface area contributed by atoms with Crippen LogP contribution >= 0.6 is 11.6 Å². The van der Waals surface area contributed by atoms with Crippen molar-refractivity contribution in [2.75, 3.05) is 17.3 Å². The average molecular weight is 447 g/mol. The molecule has 0 atom stereocenters. The van der Waals surface area contributed by atoms with Crippen LogP contribution in [0.1, 0.15) is 22.3 Å². The number of halogens is 1. The van der Waals surface area contributed by atoms with Crippen molar-refractivity contribution >= 4 is 40.4 Å². The van der Waals surface area contributed by atoms with Crippen LogP contribution in [0.3, 0.4) is 0 Å². The number of methoxy groups -OCH3 is 1. The fourth-order valence-electron chi connectivity index (χ4n) is 3.80. The summed E-state index contributed by atoms with van der Waals surface area (Å²) in [7, 11) is 1.54. The first-order valence-electron chi connectivity index (χ1n) is 10.2. The molecule has 0 fully saturated rings. The number of nitrogens with one attached hydrogen (secondary N) is 1. The number of rotatable bonds is 5. The molecule has 1 N–H and O–H groups in total. The molecule has 1 aliphatic rings. The van der Waals surface area contributed by atoms with Crippen LogP contribution in [0.4, 0.5) is 11.4 Å². The van der Waals surface area contributed by atoms with E-state index in [4.69, 9.17) is 16.3 Å². The van der Waals surface area contributed by atoms with Crippen LogP contribution in [0, 0.1) is 20.8 Å². The molecule has 0 bridgehead atoms. The molecule has 0 aliphatic carbocycles. The number of carbonyl (C=O) groups excluding carboxylic acids is 2.